The van der Waals surface area contributed by atoms with Crippen LogP contribution in [0.5, 0.6) is 5.75 Å². The van der Waals surface area contributed by atoms with Crippen molar-refractivity contribution in [3.8, 4) is 5.75 Å². The van der Waals surface area contributed by atoms with E-state index in [1.54, 1.807) is 19.2 Å². The van der Waals surface area contributed by atoms with Gasteiger partial charge in [0.1, 0.15) is 11.3 Å². The quantitative estimate of drug-likeness (QED) is 0.856. The van der Waals surface area contributed by atoms with Crippen LogP contribution >= 0.6 is 11.3 Å². The molecule has 1 atom stereocenters. The molecule has 0 saturated carbocycles. The van der Waals surface area contributed by atoms with Gasteiger partial charge in [0.15, 0.2) is 0 Å². The van der Waals surface area contributed by atoms with Crippen molar-refractivity contribution in [2.24, 2.45) is 0 Å². The third-order valence-corrected chi connectivity index (χ3v) is 3.23. The minimum absolute atomic E-state index is 0.359. The molecule has 0 fully saturated rings. The minimum Gasteiger partial charge on any atom is -0.496 e. The molecule has 2 rings (SSSR count). The molecule has 1 aromatic heterocycles. The lowest BCUT2D eigenvalue weighted by atomic mass is 10.1. The molecule has 0 aliphatic heterocycles. The zero-order chi connectivity index (χ0) is 12.4. The summed E-state index contributed by atoms with van der Waals surface area (Å²) in [5.41, 5.74) is 1.09. The van der Waals surface area contributed by atoms with Gasteiger partial charge in [-0.25, -0.2) is 4.79 Å². The molecule has 1 heterocycles. The first-order valence-electron chi connectivity index (χ1n) is 5.10. The Morgan fingerprint density at radius 3 is 3.00 bits per heavy atom. The molecule has 92 valence electrons. The molecule has 5 nitrogen and oxygen atoms in total. The lowest BCUT2D eigenvalue weighted by molar-refractivity contribution is 0.173. The van der Waals surface area contributed by atoms with Gasteiger partial charge >= 0.3 is 4.94 Å². The number of ether oxygens (including phenoxy) is 1. The summed E-state index contributed by atoms with van der Waals surface area (Å²) in [4.78, 5) is 10.8. The predicted molar refractivity (Wildman–Crippen MR) is 65.8 cm³/mol. The second-order valence-corrected chi connectivity index (χ2v) is 4.55. The largest absolute Gasteiger partial charge is 0.496 e. The van der Waals surface area contributed by atoms with Gasteiger partial charge < -0.3 is 19.6 Å². The molecular weight excluding hydrogens is 242 g/mol. The average molecular weight is 255 g/mol. The highest BCUT2D eigenvalue weighted by molar-refractivity contribution is 7.16. The van der Waals surface area contributed by atoms with Crippen LogP contribution in [0.4, 0.5) is 0 Å². The highest BCUT2D eigenvalue weighted by atomic mass is 32.1. The number of nitrogens with one attached hydrogen (secondary N) is 1. The number of hydrogen-bond donors (Lipinski definition) is 2. The molecule has 0 amide bonds. The van der Waals surface area contributed by atoms with Crippen LogP contribution in [0.25, 0.3) is 10.3 Å². The Kier molecular flexibility index (Phi) is 3.46. The molecule has 0 saturated heterocycles. The SMILES string of the molecule is CNCC(O)c1cc2oc(=O)sc2cc1OC. The number of likely N-dealkylation sites (N-methyl/N-ethyl adjacent to an activating group) is 1. The Morgan fingerprint density at radius 2 is 2.35 bits per heavy atom. The third-order valence-electron chi connectivity index (χ3n) is 2.44. The fourth-order valence-corrected chi connectivity index (χ4v) is 2.34. The molecule has 17 heavy (non-hydrogen) atoms. The van der Waals surface area contributed by atoms with Crippen LogP contribution < -0.4 is 15.0 Å². The van der Waals surface area contributed by atoms with Crippen molar-refractivity contribution in [2.75, 3.05) is 20.7 Å². The maximum absolute atomic E-state index is 11.1. The molecule has 6 heteroatoms. The molecule has 0 aliphatic carbocycles. The van der Waals surface area contributed by atoms with Crippen molar-refractivity contribution in [3.63, 3.8) is 0 Å². The van der Waals surface area contributed by atoms with Crippen LogP contribution in [-0.4, -0.2) is 25.8 Å². The van der Waals surface area contributed by atoms with Crippen LogP contribution in [0.1, 0.15) is 11.7 Å². The summed E-state index contributed by atoms with van der Waals surface area (Å²) < 4.78 is 10.9. The molecule has 2 aromatic rings. The van der Waals surface area contributed by atoms with Crippen molar-refractivity contribution in [1.82, 2.24) is 5.32 Å². The summed E-state index contributed by atoms with van der Waals surface area (Å²) in [6, 6.07) is 3.35. The van der Waals surface area contributed by atoms with E-state index in [4.69, 9.17) is 9.15 Å². The van der Waals surface area contributed by atoms with Gasteiger partial charge in [-0.1, -0.05) is 11.3 Å². The summed E-state index contributed by atoms with van der Waals surface area (Å²) in [5, 5.41) is 12.8. The van der Waals surface area contributed by atoms with Gasteiger partial charge in [-0.05, 0) is 13.1 Å². The molecule has 1 aromatic carbocycles. The van der Waals surface area contributed by atoms with Gasteiger partial charge in [0.25, 0.3) is 0 Å². The van der Waals surface area contributed by atoms with Crippen molar-refractivity contribution < 1.29 is 14.3 Å². The lowest BCUT2D eigenvalue weighted by Crippen LogP contribution is -2.17. The van der Waals surface area contributed by atoms with Crippen LogP contribution in [0.3, 0.4) is 0 Å². The van der Waals surface area contributed by atoms with Gasteiger partial charge in [-0.2, -0.15) is 0 Å². The van der Waals surface area contributed by atoms with E-state index in [1.807, 2.05) is 0 Å². The fourth-order valence-electron chi connectivity index (χ4n) is 1.66. The van der Waals surface area contributed by atoms with Crippen LogP contribution in [-0.2, 0) is 0 Å². The molecule has 0 aliphatic rings. The highest BCUT2D eigenvalue weighted by Gasteiger charge is 2.16. The molecule has 0 bridgehead atoms. The zero-order valence-corrected chi connectivity index (χ0v) is 10.3. The van der Waals surface area contributed by atoms with E-state index in [0.29, 0.717) is 28.1 Å². The van der Waals surface area contributed by atoms with Gasteiger partial charge in [-0.15, -0.1) is 0 Å². The monoisotopic (exact) mass is 255 g/mol. The Balaban J connectivity index is 2.55. The Morgan fingerprint density at radius 1 is 1.59 bits per heavy atom. The fraction of sp³-hybridized carbons (Fsp3) is 0.364. The average Bonchev–Trinajstić information content (AvgIpc) is 2.66. The van der Waals surface area contributed by atoms with Gasteiger partial charge in [-0.3, -0.25) is 0 Å². The molecular formula is C11H13NO4S. The van der Waals surface area contributed by atoms with Gasteiger partial charge in [0.2, 0.25) is 0 Å². The number of methoxy groups -OCH3 is 1. The second-order valence-electron chi connectivity index (χ2n) is 3.57. The predicted octanol–water partition coefficient (Wildman–Crippen LogP) is 1.12. The van der Waals surface area contributed by atoms with E-state index in [2.05, 4.69) is 5.32 Å². The Labute approximate surface area is 102 Å². The van der Waals surface area contributed by atoms with E-state index in [1.165, 1.54) is 7.11 Å². The van der Waals surface area contributed by atoms with E-state index in [-0.39, 0.29) is 4.94 Å². The molecule has 2 N–H and O–H groups in total. The smallest absolute Gasteiger partial charge is 0.396 e. The number of fused-ring (bicyclic) bond motifs is 1. The zero-order valence-electron chi connectivity index (χ0n) is 9.52. The summed E-state index contributed by atoms with van der Waals surface area (Å²) >= 11 is 1.02. The maximum Gasteiger partial charge on any atom is 0.396 e. The first-order valence-corrected chi connectivity index (χ1v) is 5.91. The van der Waals surface area contributed by atoms with Crippen LogP contribution in [0.15, 0.2) is 21.3 Å². The molecule has 0 radical (unpaired) electrons. The standard InChI is InChI=1S/C11H13NO4S/c1-12-5-7(13)6-3-9-10(4-8(6)15-2)17-11(14)16-9/h3-4,7,12-13H,5H2,1-2H3. The number of aliphatic hydroxyl groups excluding tert-OH is 1. The van der Waals surface area contributed by atoms with E-state index in [9.17, 15) is 9.90 Å². The van der Waals surface area contributed by atoms with Crippen molar-refractivity contribution in [3.05, 3.63) is 27.4 Å². The Hall–Kier alpha value is -1.37. The molecule has 0 spiro atoms. The first-order chi connectivity index (χ1) is 8.15. The summed E-state index contributed by atoms with van der Waals surface area (Å²) in [7, 11) is 3.28. The number of benzene rings is 1. The van der Waals surface area contributed by atoms with Crippen LogP contribution in [0, 0.1) is 0 Å². The number of rotatable bonds is 4. The summed E-state index contributed by atoms with van der Waals surface area (Å²) in [6.07, 6.45) is -0.704. The minimum atomic E-state index is -0.704. The Bertz CT molecular complexity index is 574. The first kappa shape index (κ1) is 12.1. The van der Waals surface area contributed by atoms with Crippen molar-refractivity contribution in [1.29, 1.82) is 0 Å². The van der Waals surface area contributed by atoms with Crippen molar-refractivity contribution >= 4 is 21.6 Å². The van der Waals surface area contributed by atoms with E-state index < -0.39 is 6.10 Å². The van der Waals surface area contributed by atoms with Crippen LogP contribution in [0.2, 0.25) is 0 Å². The van der Waals surface area contributed by atoms with Crippen molar-refractivity contribution in [2.45, 2.75) is 6.10 Å². The van der Waals surface area contributed by atoms with Gasteiger partial charge in [0, 0.05) is 18.2 Å². The van der Waals surface area contributed by atoms with Gasteiger partial charge in [0.05, 0.1) is 17.9 Å². The highest BCUT2D eigenvalue weighted by Crippen LogP contribution is 2.31. The number of aliphatic hydroxyl groups is 1. The van der Waals surface area contributed by atoms with E-state index in [0.717, 1.165) is 11.3 Å². The third kappa shape index (κ3) is 2.33. The normalized spacial score (nSPS) is 12.9. The summed E-state index contributed by atoms with van der Waals surface area (Å²) in [6.45, 7) is 0.399. The second kappa shape index (κ2) is 4.87. The lowest BCUT2D eigenvalue weighted by Gasteiger charge is -2.14. The molecule has 1 unspecified atom stereocenters. The summed E-state index contributed by atoms with van der Waals surface area (Å²) in [5.74, 6) is 0.553. The van der Waals surface area contributed by atoms with E-state index >= 15 is 0 Å². The number of hydrogen-bond acceptors (Lipinski definition) is 6. The maximum atomic E-state index is 11.1. The topological polar surface area (TPSA) is 71.7 Å².